The van der Waals surface area contributed by atoms with E-state index in [2.05, 4.69) is 0 Å². The lowest BCUT2D eigenvalue weighted by Gasteiger charge is -2.24. The van der Waals surface area contributed by atoms with E-state index in [-0.39, 0.29) is 13.2 Å². The molecule has 1 heterocycles. The van der Waals surface area contributed by atoms with Crippen LogP contribution in [0.15, 0.2) is 60.7 Å². The molecule has 25 heavy (non-hydrogen) atoms. The van der Waals surface area contributed by atoms with E-state index in [1.54, 1.807) is 6.92 Å². The van der Waals surface area contributed by atoms with E-state index in [9.17, 15) is 4.79 Å². The molecule has 0 N–H and O–H groups in total. The molecular weight excluding hydrogens is 317 g/mol. The molecule has 0 amide bonds. The standard InChI is InChI=1S/C21H24FNO2/c1-2-25-20(24)21(22)16-23(14-18-11-7-4-8-12-18)15-19(21)13-17-9-5-3-6-10-17/h3-12,19H,2,13-16H2,1H3/t19-,21+/m1/s1. The molecule has 2 atom stereocenters. The van der Waals surface area contributed by atoms with E-state index in [4.69, 9.17) is 4.74 Å². The van der Waals surface area contributed by atoms with Crippen molar-refractivity contribution in [3.63, 3.8) is 0 Å². The number of benzene rings is 2. The lowest BCUT2D eigenvalue weighted by Crippen LogP contribution is -2.44. The molecule has 0 unspecified atom stereocenters. The molecule has 132 valence electrons. The molecule has 3 rings (SSSR count). The molecule has 3 nitrogen and oxygen atoms in total. The fraction of sp³-hybridized carbons (Fsp3) is 0.381. The fourth-order valence-corrected chi connectivity index (χ4v) is 3.54. The molecule has 0 aromatic heterocycles. The minimum atomic E-state index is -1.96. The molecule has 2 aromatic rings. The molecule has 1 aliphatic rings. The average Bonchev–Trinajstić information content (AvgIpc) is 2.93. The summed E-state index contributed by atoms with van der Waals surface area (Å²) in [4.78, 5) is 14.4. The first-order chi connectivity index (χ1) is 12.1. The van der Waals surface area contributed by atoms with Gasteiger partial charge in [0.05, 0.1) is 6.61 Å². The Morgan fingerprint density at radius 3 is 2.32 bits per heavy atom. The summed E-state index contributed by atoms with van der Waals surface area (Å²) in [6, 6.07) is 19.7. The van der Waals surface area contributed by atoms with E-state index < -0.39 is 17.6 Å². The third-order valence-electron chi connectivity index (χ3n) is 4.77. The van der Waals surface area contributed by atoms with Gasteiger partial charge in [-0.25, -0.2) is 9.18 Å². The van der Waals surface area contributed by atoms with E-state index in [0.29, 0.717) is 19.5 Å². The second kappa shape index (κ2) is 7.79. The summed E-state index contributed by atoms with van der Waals surface area (Å²) in [6.07, 6.45) is 0.529. The molecule has 0 aliphatic carbocycles. The number of halogens is 1. The zero-order valence-electron chi connectivity index (χ0n) is 14.5. The summed E-state index contributed by atoms with van der Waals surface area (Å²) in [6.45, 7) is 3.17. The summed E-state index contributed by atoms with van der Waals surface area (Å²) in [5.41, 5.74) is 0.204. The normalized spacial score (nSPS) is 23.5. The Hall–Kier alpha value is -2.20. The maximum Gasteiger partial charge on any atom is 0.345 e. The monoisotopic (exact) mass is 341 g/mol. The summed E-state index contributed by atoms with van der Waals surface area (Å²) < 4.78 is 20.7. The predicted octanol–water partition coefficient (Wildman–Crippen LogP) is 3.63. The minimum Gasteiger partial charge on any atom is -0.464 e. The Morgan fingerprint density at radius 1 is 1.12 bits per heavy atom. The molecule has 0 radical (unpaired) electrons. The van der Waals surface area contributed by atoms with E-state index in [1.165, 1.54) is 0 Å². The Kier molecular flexibility index (Phi) is 5.49. The third-order valence-corrected chi connectivity index (χ3v) is 4.77. The highest BCUT2D eigenvalue weighted by Gasteiger charge is 2.53. The van der Waals surface area contributed by atoms with E-state index >= 15 is 4.39 Å². The van der Waals surface area contributed by atoms with Crippen LogP contribution in [-0.4, -0.2) is 36.2 Å². The van der Waals surface area contributed by atoms with Gasteiger partial charge >= 0.3 is 5.97 Å². The highest BCUT2D eigenvalue weighted by atomic mass is 19.1. The van der Waals surface area contributed by atoms with Crippen LogP contribution in [0, 0.1) is 5.92 Å². The van der Waals surface area contributed by atoms with Gasteiger partial charge < -0.3 is 4.74 Å². The fourth-order valence-electron chi connectivity index (χ4n) is 3.54. The van der Waals surface area contributed by atoms with Gasteiger partial charge in [0.25, 0.3) is 0 Å². The predicted molar refractivity (Wildman–Crippen MR) is 95.8 cm³/mol. The summed E-state index contributed by atoms with van der Waals surface area (Å²) in [7, 11) is 0. The van der Waals surface area contributed by atoms with Gasteiger partial charge in [0, 0.05) is 25.6 Å². The van der Waals surface area contributed by atoms with Crippen molar-refractivity contribution < 1.29 is 13.9 Å². The molecule has 4 heteroatoms. The lowest BCUT2D eigenvalue weighted by atomic mass is 9.87. The van der Waals surface area contributed by atoms with Crippen LogP contribution in [0.2, 0.25) is 0 Å². The number of alkyl halides is 1. The molecule has 0 bridgehead atoms. The Labute approximate surface area is 148 Å². The lowest BCUT2D eigenvalue weighted by molar-refractivity contribution is -0.159. The zero-order valence-corrected chi connectivity index (χ0v) is 14.5. The molecule has 0 saturated carbocycles. The molecule has 1 aliphatic heterocycles. The smallest absolute Gasteiger partial charge is 0.345 e. The van der Waals surface area contributed by atoms with Crippen LogP contribution in [0.1, 0.15) is 18.1 Å². The summed E-state index contributed by atoms with van der Waals surface area (Å²) in [5, 5.41) is 0. The first-order valence-electron chi connectivity index (χ1n) is 8.78. The van der Waals surface area contributed by atoms with Crippen LogP contribution in [0.4, 0.5) is 4.39 Å². The minimum absolute atomic E-state index is 0.0816. The largest absolute Gasteiger partial charge is 0.464 e. The number of rotatable bonds is 6. The number of likely N-dealkylation sites (tertiary alicyclic amines) is 1. The van der Waals surface area contributed by atoms with Gasteiger partial charge in [-0.3, -0.25) is 4.90 Å². The average molecular weight is 341 g/mol. The van der Waals surface area contributed by atoms with Gasteiger partial charge in [0.2, 0.25) is 5.67 Å². The second-order valence-electron chi connectivity index (χ2n) is 6.62. The van der Waals surface area contributed by atoms with Crippen LogP contribution < -0.4 is 0 Å². The van der Waals surface area contributed by atoms with Crippen molar-refractivity contribution >= 4 is 5.97 Å². The number of hydrogen-bond donors (Lipinski definition) is 0. The highest BCUT2D eigenvalue weighted by Crippen LogP contribution is 2.36. The van der Waals surface area contributed by atoms with Crippen molar-refractivity contribution in [1.29, 1.82) is 0 Å². The van der Waals surface area contributed by atoms with Crippen LogP contribution >= 0.6 is 0 Å². The van der Waals surface area contributed by atoms with Gasteiger partial charge in [-0.15, -0.1) is 0 Å². The van der Waals surface area contributed by atoms with Crippen molar-refractivity contribution in [1.82, 2.24) is 4.90 Å². The van der Waals surface area contributed by atoms with Crippen molar-refractivity contribution in [3.8, 4) is 0 Å². The first-order valence-corrected chi connectivity index (χ1v) is 8.78. The Morgan fingerprint density at radius 2 is 1.72 bits per heavy atom. The highest BCUT2D eigenvalue weighted by molar-refractivity contribution is 5.81. The molecule has 2 aromatic carbocycles. The zero-order chi connectivity index (χ0) is 17.7. The van der Waals surface area contributed by atoms with Gasteiger partial charge in [-0.05, 0) is 24.5 Å². The van der Waals surface area contributed by atoms with Crippen LogP contribution in [0.3, 0.4) is 0 Å². The van der Waals surface area contributed by atoms with Crippen molar-refractivity contribution in [2.24, 2.45) is 5.92 Å². The van der Waals surface area contributed by atoms with E-state index in [0.717, 1.165) is 11.1 Å². The van der Waals surface area contributed by atoms with Crippen molar-refractivity contribution in [2.45, 2.75) is 25.6 Å². The Bertz CT molecular complexity index is 692. The quantitative estimate of drug-likeness (QED) is 0.752. The van der Waals surface area contributed by atoms with Gasteiger partial charge in [-0.1, -0.05) is 60.7 Å². The number of carbonyl (C=O) groups excluding carboxylic acids is 1. The van der Waals surface area contributed by atoms with Crippen LogP contribution in [-0.2, 0) is 22.5 Å². The van der Waals surface area contributed by atoms with Crippen LogP contribution in [0.25, 0.3) is 0 Å². The van der Waals surface area contributed by atoms with Crippen molar-refractivity contribution in [2.75, 3.05) is 19.7 Å². The summed E-state index contributed by atoms with van der Waals surface area (Å²) in [5.74, 6) is -1.14. The first kappa shape index (κ1) is 17.6. The Balaban J connectivity index is 1.78. The summed E-state index contributed by atoms with van der Waals surface area (Å²) >= 11 is 0. The number of ether oxygens (including phenoxy) is 1. The van der Waals surface area contributed by atoms with Gasteiger partial charge in [0.15, 0.2) is 0 Å². The maximum atomic E-state index is 15.7. The van der Waals surface area contributed by atoms with E-state index in [1.807, 2.05) is 65.6 Å². The number of nitrogens with zero attached hydrogens (tertiary/aromatic N) is 1. The maximum absolute atomic E-state index is 15.7. The number of esters is 1. The number of carbonyl (C=O) groups is 1. The molecule has 1 fully saturated rings. The number of hydrogen-bond acceptors (Lipinski definition) is 3. The second-order valence-corrected chi connectivity index (χ2v) is 6.62. The third kappa shape index (κ3) is 4.07. The van der Waals surface area contributed by atoms with Gasteiger partial charge in [0.1, 0.15) is 0 Å². The molecular formula is C21H24FNO2. The molecule has 0 spiro atoms. The SMILES string of the molecule is CCOC(=O)[C@]1(F)CN(Cc2ccccc2)C[C@H]1Cc1ccccc1. The topological polar surface area (TPSA) is 29.5 Å². The van der Waals surface area contributed by atoms with Gasteiger partial charge in [-0.2, -0.15) is 0 Å². The van der Waals surface area contributed by atoms with Crippen molar-refractivity contribution in [3.05, 3.63) is 71.8 Å². The molecule has 1 saturated heterocycles. The van der Waals surface area contributed by atoms with Crippen LogP contribution in [0.5, 0.6) is 0 Å².